The van der Waals surface area contributed by atoms with Gasteiger partial charge in [0.1, 0.15) is 11.3 Å². The number of carboxylic acid groups (broad SMARTS) is 1. The molecule has 0 aliphatic heterocycles. The fourth-order valence-corrected chi connectivity index (χ4v) is 3.56. The predicted molar refractivity (Wildman–Crippen MR) is 104 cm³/mol. The number of aromatic hydroxyl groups is 1. The normalized spacial score (nSPS) is 16.6. The predicted octanol–water partition coefficient (Wildman–Crippen LogP) is 3.75. The molecule has 1 fully saturated rings. The monoisotopic (exact) mass is 365 g/mol. The second-order valence-electron chi connectivity index (χ2n) is 6.88. The Balaban J connectivity index is 0.000000253. The summed E-state index contributed by atoms with van der Waals surface area (Å²) in [6, 6.07) is 13.8. The molecule has 0 amide bonds. The van der Waals surface area contributed by atoms with E-state index in [2.05, 4.69) is 0 Å². The molecule has 5 heteroatoms. The van der Waals surface area contributed by atoms with Gasteiger partial charge in [-0.2, -0.15) is 0 Å². The van der Waals surface area contributed by atoms with Crippen molar-refractivity contribution in [3.8, 4) is 5.75 Å². The number of hydrogen-bond acceptors (Lipinski definition) is 4. The number of Topliss-reactive ketones (excluding diaryl/α,β-unsaturated/α-hetero) is 1. The highest BCUT2D eigenvalue weighted by atomic mass is 16.4. The van der Waals surface area contributed by atoms with E-state index in [1.807, 2.05) is 6.07 Å². The average Bonchev–Trinajstić information content (AvgIpc) is 2.96. The molecule has 2 aromatic carbocycles. The molecule has 0 spiro atoms. The van der Waals surface area contributed by atoms with Crippen LogP contribution in [0.3, 0.4) is 0 Å². The van der Waals surface area contributed by atoms with E-state index < -0.39 is 11.8 Å². The molecule has 2 aliphatic carbocycles. The van der Waals surface area contributed by atoms with Crippen LogP contribution in [0.4, 0.5) is 0 Å². The van der Waals surface area contributed by atoms with Crippen molar-refractivity contribution in [2.24, 2.45) is 5.73 Å². The number of carboxylic acids is 1. The quantitative estimate of drug-likeness (QED) is 0.704. The molecule has 0 saturated heterocycles. The molecule has 140 valence electrons. The van der Waals surface area contributed by atoms with Crippen LogP contribution in [0.2, 0.25) is 0 Å². The van der Waals surface area contributed by atoms with Gasteiger partial charge in [-0.05, 0) is 42.2 Å². The van der Waals surface area contributed by atoms with Gasteiger partial charge in [0.25, 0.3) is 0 Å². The molecule has 0 bridgehead atoms. The van der Waals surface area contributed by atoms with E-state index >= 15 is 0 Å². The molecule has 4 N–H and O–H groups in total. The number of phenolic OH excluding ortho intramolecular Hbond substituents is 1. The van der Waals surface area contributed by atoms with Gasteiger partial charge in [-0.25, -0.2) is 4.79 Å². The average molecular weight is 365 g/mol. The number of hydrogen-bond donors (Lipinski definition) is 3. The third-order valence-electron chi connectivity index (χ3n) is 4.92. The lowest BCUT2D eigenvalue weighted by atomic mass is 9.97. The van der Waals surface area contributed by atoms with Crippen LogP contribution in [0, 0.1) is 0 Å². The summed E-state index contributed by atoms with van der Waals surface area (Å²) in [5.41, 5.74) is 7.21. The summed E-state index contributed by atoms with van der Waals surface area (Å²) < 4.78 is 0. The van der Waals surface area contributed by atoms with Gasteiger partial charge in [0.05, 0.1) is 0 Å². The first kappa shape index (κ1) is 18.9. The maximum Gasteiger partial charge on any atom is 0.340 e. The lowest BCUT2D eigenvalue weighted by Gasteiger charge is -2.15. The van der Waals surface area contributed by atoms with Crippen LogP contribution in [0.5, 0.6) is 5.75 Å². The first-order chi connectivity index (χ1) is 13.0. The van der Waals surface area contributed by atoms with Crippen molar-refractivity contribution in [1.29, 1.82) is 0 Å². The lowest BCUT2D eigenvalue weighted by molar-refractivity contribution is -0.132. The zero-order valence-corrected chi connectivity index (χ0v) is 15.0. The van der Waals surface area contributed by atoms with Gasteiger partial charge < -0.3 is 15.9 Å². The van der Waals surface area contributed by atoms with Crippen molar-refractivity contribution < 1.29 is 19.8 Å². The summed E-state index contributed by atoms with van der Waals surface area (Å²) in [6.07, 6.45) is 6.66. The minimum absolute atomic E-state index is 0.0591. The molecule has 0 unspecified atom stereocenters. The van der Waals surface area contributed by atoms with Gasteiger partial charge in [-0.3, -0.25) is 4.79 Å². The van der Waals surface area contributed by atoms with E-state index in [0.29, 0.717) is 22.7 Å². The Morgan fingerprint density at radius 1 is 0.963 bits per heavy atom. The van der Waals surface area contributed by atoms with Crippen LogP contribution in [0.1, 0.15) is 53.6 Å². The molecule has 0 radical (unpaired) electrons. The zero-order chi connectivity index (χ0) is 19.4. The second-order valence-corrected chi connectivity index (χ2v) is 6.88. The highest BCUT2D eigenvalue weighted by molar-refractivity contribution is 6.34. The molecule has 0 aromatic heterocycles. The van der Waals surface area contributed by atoms with Crippen molar-refractivity contribution in [3.63, 3.8) is 0 Å². The summed E-state index contributed by atoms with van der Waals surface area (Å²) >= 11 is 0. The second kappa shape index (κ2) is 8.18. The first-order valence-corrected chi connectivity index (χ1v) is 9.15. The van der Waals surface area contributed by atoms with Gasteiger partial charge in [-0.15, -0.1) is 0 Å². The summed E-state index contributed by atoms with van der Waals surface area (Å²) in [5, 5.41) is 18.8. The van der Waals surface area contributed by atoms with Gasteiger partial charge in [0.2, 0.25) is 5.78 Å². The van der Waals surface area contributed by atoms with Crippen LogP contribution in [0.25, 0.3) is 5.57 Å². The lowest BCUT2D eigenvalue weighted by Crippen LogP contribution is -2.22. The third kappa shape index (κ3) is 4.09. The molecule has 5 nitrogen and oxygen atoms in total. The van der Waals surface area contributed by atoms with Crippen LogP contribution in [-0.4, -0.2) is 28.0 Å². The SMILES string of the molecule is NC1CCCCC1.O=C(O)C1=C(c2ccccc2)c2ccc(O)cc2C1=O. The number of phenols is 1. The Morgan fingerprint density at radius 3 is 2.19 bits per heavy atom. The number of carbonyl (C=O) groups is 2. The fraction of sp³-hybridized carbons (Fsp3) is 0.273. The van der Waals surface area contributed by atoms with Crippen LogP contribution in [0.15, 0.2) is 54.1 Å². The molecule has 2 aromatic rings. The van der Waals surface area contributed by atoms with E-state index in [9.17, 15) is 19.8 Å². The smallest absolute Gasteiger partial charge is 0.340 e. The van der Waals surface area contributed by atoms with E-state index in [1.54, 1.807) is 30.3 Å². The summed E-state index contributed by atoms with van der Waals surface area (Å²) in [4.78, 5) is 23.6. The number of carbonyl (C=O) groups excluding carboxylic acids is 1. The Hall–Kier alpha value is -2.92. The van der Waals surface area contributed by atoms with Crippen molar-refractivity contribution in [3.05, 3.63) is 70.8 Å². The number of aliphatic carboxylic acids is 1. The minimum Gasteiger partial charge on any atom is -0.508 e. The van der Waals surface area contributed by atoms with Gasteiger partial charge in [0, 0.05) is 17.2 Å². The Labute approximate surface area is 158 Å². The molecular weight excluding hydrogens is 342 g/mol. The molecular formula is C22H23NO4. The fourth-order valence-electron chi connectivity index (χ4n) is 3.56. The standard InChI is InChI=1S/C16H10O4.C6H13N/c17-10-6-7-11-12(8-10)15(18)14(16(19)20)13(11)9-4-2-1-3-5-9;7-6-4-2-1-3-5-6/h1-8,17H,(H,19,20);6H,1-5,7H2. The summed E-state index contributed by atoms with van der Waals surface area (Å²) in [6.45, 7) is 0. The first-order valence-electron chi connectivity index (χ1n) is 9.15. The maximum atomic E-state index is 12.2. The van der Waals surface area contributed by atoms with Gasteiger partial charge >= 0.3 is 5.97 Å². The minimum atomic E-state index is -1.26. The summed E-state index contributed by atoms with van der Waals surface area (Å²) in [5.74, 6) is -1.89. The molecule has 4 rings (SSSR count). The number of ketones is 1. The van der Waals surface area contributed by atoms with Crippen molar-refractivity contribution in [2.75, 3.05) is 0 Å². The molecule has 2 aliphatic rings. The summed E-state index contributed by atoms with van der Waals surface area (Å²) in [7, 11) is 0. The number of benzene rings is 2. The van der Waals surface area contributed by atoms with Crippen LogP contribution < -0.4 is 5.73 Å². The number of fused-ring (bicyclic) bond motifs is 1. The topological polar surface area (TPSA) is 101 Å². The van der Waals surface area contributed by atoms with Gasteiger partial charge in [0.15, 0.2) is 0 Å². The molecule has 1 saturated carbocycles. The highest BCUT2D eigenvalue weighted by Gasteiger charge is 2.34. The Kier molecular flexibility index (Phi) is 5.72. The van der Waals surface area contributed by atoms with E-state index in [-0.39, 0.29) is 16.9 Å². The van der Waals surface area contributed by atoms with Crippen molar-refractivity contribution in [2.45, 2.75) is 38.1 Å². The van der Waals surface area contributed by atoms with Gasteiger partial charge in [-0.1, -0.05) is 49.6 Å². The Bertz CT molecular complexity index is 880. The molecule has 0 atom stereocenters. The van der Waals surface area contributed by atoms with Crippen LogP contribution >= 0.6 is 0 Å². The largest absolute Gasteiger partial charge is 0.508 e. The van der Waals surface area contributed by atoms with E-state index in [1.165, 1.54) is 44.2 Å². The molecule has 27 heavy (non-hydrogen) atoms. The third-order valence-corrected chi connectivity index (χ3v) is 4.92. The van der Waals surface area contributed by atoms with E-state index in [4.69, 9.17) is 5.73 Å². The number of rotatable bonds is 2. The molecule has 0 heterocycles. The van der Waals surface area contributed by atoms with Crippen molar-refractivity contribution >= 4 is 17.3 Å². The highest BCUT2D eigenvalue weighted by Crippen LogP contribution is 2.38. The zero-order valence-electron chi connectivity index (χ0n) is 15.0. The Morgan fingerprint density at radius 2 is 1.63 bits per heavy atom. The maximum absolute atomic E-state index is 12.2. The van der Waals surface area contributed by atoms with Crippen molar-refractivity contribution in [1.82, 2.24) is 0 Å². The van der Waals surface area contributed by atoms with E-state index in [0.717, 1.165) is 0 Å². The van der Waals surface area contributed by atoms with Crippen LogP contribution in [-0.2, 0) is 4.79 Å². The number of nitrogens with two attached hydrogens (primary N) is 1.